The van der Waals surface area contributed by atoms with Crippen molar-refractivity contribution in [2.24, 2.45) is 0 Å². The highest BCUT2D eigenvalue weighted by Gasteiger charge is 2.18. The topological polar surface area (TPSA) is 52.6 Å². The Morgan fingerprint density at radius 2 is 1.55 bits per heavy atom. The first-order valence-electron chi connectivity index (χ1n) is 6.26. The molecule has 0 heterocycles. The minimum Gasteiger partial charge on any atom is -0.490 e. The third-order valence-electron chi connectivity index (χ3n) is 2.66. The van der Waals surface area contributed by atoms with E-state index in [1.54, 1.807) is 36.4 Å². The van der Waals surface area contributed by atoms with Gasteiger partial charge in [0, 0.05) is 0 Å². The second kappa shape index (κ2) is 5.96. The molecule has 20 heavy (non-hydrogen) atoms. The van der Waals surface area contributed by atoms with Gasteiger partial charge in [-0.1, -0.05) is 29.8 Å². The Morgan fingerprint density at radius 1 is 0.950 bits per heavy atom. The first-order valence-corrected chi connectivity index (χ1v) is 7.67. The van der Waals surface area contributed by atoms with Gasteiger partial charge in [0.2, 0.25) is 0 Å². The normalized spacial score (nSPS) is 11.1. The van der Waals surface area contributed by atoms with Gasteiger partial charge in [0.15, 0.2) is 11.5 Å². The van der Waals surface area contributed by atoms with Gasteiger partial charge in [-0.3, -0.25) is 0 Å². The molecule has 4 nitrogen and oxygen atoms in total. The van der Waals surface area contributed by atoms with Crippen molar-refractivity contribution in [2.75, 3.05) is 6.61 Å². The number of hydrogen-bond donors (Lipinski definition) is 0. The Balaban J connectivity index is 2.31. The van der Waals surface area contributed by atoms with Crippen molar-refractivity contribution in [3.8, 4) is 11.5 Å². The van der Waals surface area contributed by atoms with Crippen LogP contribution in [0.4, 0.5) is 0 Å². The monoisotopic (exact) mass is 292 g/mol. The van der Waals surface area contributed by atoms with Crippen LogP contribution in [0.3, 0.4) is 0 Å². The fourth-order valence-electron chi connectivity index (χ4n) is 1.67. The fraction of sp³-hybridized carbons (Fsp3) is 0.200. The number of aryl methyl sites for hydroxylation is 1. The molecule has 0 aliphatic rings. The van der Waals surface area contributed by atoms with E-state index in [0.29, 0.717) is 12.4 Å². The maximum Gasteiger partial charge on any atom is 0.339 e. The smallest absolute Gasteiger partial charge is 0.339 e. The highest BCUT2D eigenvalue weighted by molar-refractivity contribution is 7.87. The second-order valence-corrected chi connectivity index (χ2v) is 5.78. The lowest BCUT2D eigenvalue weighted by Gasteiger charge is -2.11. The van der Waals surface area contributed by atoms with E-state index in [4.69, 9.17) is 8.92 Å². The number of rotatable bonds is 5. The predicted octanol–water partition coefficient (Wildman–Crippen LogP) is 3.16. The standard InChI is InChI=1S/C15H16O4S/c1-3-18-14-6-4-5-7-15(14)19-20(16,17)13-10-8-12(2)9-11-13/h4-11H,3H2,1-2H3. The van der Waals surface area contributed by atoms with Crippen molar-refractivity contribution >= 4 is 10.1 Å². The summed E-state index contributed by atoms with van der Waals surface area (Å²) >= 11 is 0. The molecule has 0 N–H and O–H groups in total. The van der Waals surface area contributed by atoms with E-state index in [9.17, 15) is 8.42 Å². The van der Waals surface area contributed by atoms with E-state index >= 15 is 0 Å². The Labute approximate surface area is 119 Å². The molecule has 0 aromatic heterocycles. The van der Waals surface area contributed by atoms with Crippen LogP contribution in [-0.4, -0.2) is 15.0 Å². The van der Waals surface area contributed by atoms with Crippen molar-refractivity contribution in [3.63, 3.8) is 0 Å². The molecule has 0 unspecified atom stereocenters. The third kappa shape index (κ3) is 3.30. The average Bonchev–Trinajstić information content (AvgIpc) is 2.41. The van der Waals surface area contributed by atoms with Gasteiger partial charge >= 0.3 is 10.1 Å². The third-order valence-corrected chi connectivity index (χ3v) is 3.91. The average molecular weight is 292 g/mol. The molecule has 0 aliphatic carbocycles. The second-order valence-electron chi connectivity index (χ2n) is 4.23. The molecule has 5 heteroatoms. The van der Waals surface area contributed by atoms with Crippen LogP contribution in [0, 0.1) is 6.92 Å². The zero-order valence-electron chi connectivity index (χ0n) is 11.4. The van der Waals surface area contributed by atoms with Crippen LogP contribution in [-0.2, 0) is 10.1 Å². The minimum atomic E-state index is -3.85. The lowest BCUT2D eigenvalue weighted by Crippen LogP contribution is -2.10. The van der Waals surface area contributed by atoms with Crippen molar-refractivity contribution < 1.29 is 17.3 Å². The summed E-state index contributed by atoms with van der Waals surface area (Å²) in [6.07, 6.45) is 0. The Kier molecular flexibility index (Phi) is 4.29. The maximum atomic E-state index is 12.2. The van der Waals surface area contributed by atoms with Crippen LogP contribution in [0.5, 0.6) is 11.5 Å². The molecule has 0 amide bonds. The van der Waals surface area contributed by atoms with Gasteiger partial charge in [-0.15, -0.1) is 0 Å². The lowest BCUT2D eigenvalue weighted by molar-refractivity contribution is 0.327. The molecule has 106 valence electrons. The zero-order valence-corrected chi connectivity index (χ0v) is 12.2. The van der Waals surface area contributed by atoms with Crippen LogP contribution < -0.4 is 8.92 Å². The summed E-state index contributed by atoms with van der Waals surface area (Å²) < 4.78 is 34.9. The van der Waals surface area contributed by atoms with Crippen molar-refractivity contribution in [1.29, 1.82) is 0 Å². The summed E-state index contributed by atoms with van der Waals surface area (Å²) in [5.41, 5.74) is 0.985. The molecule has 2 aromatic rings. The van der Waals surface area contributed by atoms with Gasteiger partial charge in [-0.25, -0.2) is 0 Å². The van der Waals surface area contributed by atoms with E-state index in [-0.39, 0.29) is 10.6 Å². The van der Waals surface area contributed by atoms with Crippen LogP contribution in [0.15, 0.2) is 53.4 Å². The first kappa shape index (κ1) is 14.4. The summed E-state index contributed by atoms with van der Waals surface area (Å²) in [7, 11) is -3.85. The van der Waals surface area contributed by atoms with E-state index < -0.39 is 10.1 Å². The van der Waals surface area contributed by atoms with E-state index in [1.165, 1.54) is 12.1 Å². The Hall–Kier alpha value is -2.01. The van der Waals surface area contributed by atoms with Crippen LogP contribution in [0.1, 0.15) is 12.5 Å². The molecule has 0 radical (unpaired) electrons. The van der Waals surface area contributed by atoms with Gasteiger partial charge in [-0.05, 0) is 38.1 Å². The molecular formula is C15H16O4S. The van der Waals surface area contributed by atoms with E-state index in [0.717, 1.165) is 5.56 Å². The molecule has 0 bridgehead atoms. The molecule has 0 saturated heterocycles. The Bertz CT molecular complexity index is 675. The highest BCUT2D eigenvalue weighted by Crippen LogP contribution is 2.29. The van der Waals surface area contributed by atoms with E-state index in [2.05, 4.69) is 0 Å². The molecular weight excluding hydrogens is 276 g/mol. The number of para-hydroxylation sites is 2. The van der Waals surface area contributed by atoms with Gasteiger partial charge in [0.05, 0.1) is 6.61 Å². The molecule has 0 spiro atoms. The molecule has 0 saturated carbocycles. The molecule has 0 aliphatic heterocycles. The van der Waals surface area contributed by atoms with Gasteiger partial charge in [0.25, 0.3) is 0 Å². The number of hydrogen-bond acceptors (Lipinski definition) is 4. The van der Waals surface area contributed by atoms with E-state index in [1.807, 2.05) is 13.8 Å². The largest absolute Gasteiger partial charge is 0.490 e. The summed E-state index contributed by atoms with van der Waals surface area (Å²) in [5.74, 6) is 0.598. The highest BCUT2D eigenvalue weighted by atomic mass is 32.2. The van der Waals surface area contributed by atoms with Crippen molar-refractivity contribution in [1.82, 2.24) is 0 Å². The molecule has 2 aromatic carbocycles. The summed E-state index contributed by atoms with van der Waals surface area (Å²) in [6, 6.07) is 13.2. The van der Waals surface area contributed by atoms with Gasteiger partial charge < -0.3 is 8.92 Å². The summed E-state index contributed by atoms with van der Waals surface area (Å²) in [4.78, 5) is 0.120. The first-order chi connectivity index (χ1) is 9.53. The van der Waals surface area contributed by atoms with Crippen LogP contribution in [0.2, 0.25) is 0 Å². The summed E-state index contributed by atoms with van der Waals surface area (Å²) in [6.45, 7) is 4.15. The number of benzene rings is 2. The SMILES string of the molecule is CCOc1ccccc1OS(=O)(=O)c1ccc(C)cc1. The maximum absolute atomic E-state index is 12.2. The quantitative estimate of drug-likeness (QED) is 0.794. The lowest BCUT2D eigenvalue weighted by atomic mass is 10.2. The van der Waals surface area contributed by atoms with Crippen molar-refractivity contribution in [2.45, 2.75) is 18.7 Å². The predicted molar refractivity (Wildman–Crippen MR) is 76.6 cm³/mol. The molecule has 2 rings (SSSR count). The van der Waals surface area contributed by atoms with Crippen LogP contribution in [0.25, 0.3) is 0 Å². The Morgan fingerprint density at radius 3 is 2.15 bits per heavy atom. The summed E-state index contributed by atoms with van der Waals surface area (Å²) in [5, 5.41) is 0. The molecule has 0 atom stereocenters. The molecule has 0 fully saturated rings. The van der Waals surface area contributed by atoms with Gasteiger partial charge in [0.1, 0.15) is 4.90 Å². The zero-order chi connectivity index (χ0) is 14.6. The van der Waals surface area contributed by atoms with Crippen molar-refractivity contribution in [3.05, 3.63) is 54.1 Å². The van der Waals surface area contributed by atoms with Gasteiger partial charge in [-0.2, -0.15) is 8.42 Å². The van der Waals surface area contributed by atoms with Crippen LogP contribution >= 0.6 is 0 Å². The minimum absolute atomic E-state index is 0.120. The fourth-order valence-corrected chi connectivity index (χ4v) is 2.60. The number of ether oxygens (including phenoxy) is 1.